The van der Waals surface area contributed by atoms with E-state index in [-0.39, 0.29) is 11.9 Å². The lowest BCUT2D eigenvalue weighted by molar-refractivity contribution is -0.123. The van der Waals surface area contributed by atoms with E-state index in [9.17, 15) is 4.79 Å². The molecule has 0 bridgehead atoms. The second-order valence-electron chi connectivity index (χ2n) is 8.20. The first-order valence-corrected chi connectivity index (χ1v) is 13.3. The molecule has 1 saturated heterocycles. The number of thioether (sulfide) groups is 1. The van der Waals surface area contributed by atoms with Crippen LogP contribution in [-0.2, 0) is 4.79 Å². The van der Waals surface area contributed by atoms with E-state index in [4.69, 9.17) is 22.1 Å². The summed E-state index contributed by atoms with van der Waals surface area (Å²) in [7, 11) is 1.63. The minimum atomic E-state index is -0.159. The van der Waals surface area contributed by atoms with Crippen molar-refractivity contribution >= 4 is 56.2 Å². The first kappa shape index (κ1) is 24.5. The number of hydrogen-bond acceptors (Lipinski definition) is 5. The van der Waals surface area contributed by atoms with Crippen molar-refractivity contribution in [2.45, 2.75) is 13.0 Å². The predicted octanol–water partition coefficient (Wildman–Crippen LogP) is 7.27. The lowest BCUT2D eigenvalue weighted by Gasteiger charge is -2.23. The molecule has 1 aliphatic heterocycles. The fourth-order valence-corrected chi connectivity index (χ4v) is 6.03. The first-order valence-electron chi connectivity index (χ1n) is 11.3. The Morgan fingerprint density at radius 2 is 1.75 bits per heavy atom. The number of halogens is 1. The number of aromatic nitrogens is 2. The van der Waals surface area contributed by atoms with Gasteiger partial charge < -0.3 is 4.74 Å². The third kappa shape index (κ3) is 4.76. The van der Waals surface area contributed by atoms with E-state index in [1.165, 1.54) is 11.8 Å². The van der Waals surface area contributed by atoms with Gasteiger partial charge >= 0.3 is 0 Å². The van der Waals surface area contributed by atoms with Crippen molar-refractivity contribution in [3.05, 3.63) is 106 Å². The molecule has 1 fully saturated rings. The molecule has 0 aliphatic carbocycles. The van der Waals surface area contributed by atoms with E-state index in [1.54, 1.807) is 12.0 Å². The number of amides is 1. The van der Waals surface area contributed by atoms with Gasteiger partial charge in [-0.25, -0.2) is 4.68 Å². The van der Waals surface area contributed by atoms with Gasteiger partial charge in [0, 0.05) is 17.3 Å². The number of methoxy groups -OCH3 is 1. The topological polar surface area (TPSA) is 47.4 Å². The standard InChI is InChI=1S/C28H22BrN3O2S2/c1-18(19-9-5-3-6-10-19)32-27(33)25(36-28(32)35)16-21-17-31(22-11-7-4-8-12-22)30-26(21)20-13-14-24(34-2)23(29)15-20/h3-18H,1-2H3/b25-16+/t18-/m1/s1. The molecule has 5 nitrogen and oxygen atoms in total. The Kier molecular flexibility index (Phi) is 7.09. The van der Waals surface area contributed by atoms with Gasteiger partial charge in [0.05, 0.1) is 28.2 Å². The molecule has 0 spiro atoms. The highest BCUT2D eigenvalue weighted by atomic mass is 79.9. The first-order chi connectivity index (χ1) is 17.5. The highest BCUT2D eigenvalue weighted by molar-refractivity contribution is 9.10. The number of carbonyl (C=O) groups is 1. The number of hydrogen-bond donors (Lipinski definition) is 0. The van der Waals surface area contributed by atoms with Gasteiger partial charge in [0.2, 0.25) is 0 Å². The molecule has 0 unspecified atom stereocenters. The highest BCUT2D eigenvalue weighted by Gasteiger charge is 2.36. The van der Waals surface area contributed by atoms with Crippen LogP contribution in [0.1, 0.15) is 24.1 Å². The van der Waals surface area contributed by atoms with E-state index >= 15 is 0 Å². The van der Waals surface area contributed by atoms with Crippen LogP contribution in [0.3, 0.4) is 0 Å². The summed E-state index contributed by atoms with van der Waals surface area (Å²) in [5, 5.41) is 4.88. The van der Waals surface area contributed by atoms with Crippen LogP contribution in [0.4, 0.5) is 0 Å². The van der Waals surface area contributed by atoms with Crippen LogP contribution in [0.5, 0.6) is 5.75 Å². The van der Waals surface area contributed by atoms with Crippen LogP contribution in [-0.4, -0.2) is 32.0 Å². The van der Waals surface area contributed by atoms with Crippen LogP contribution < -0.4 is 4.74 Å². The molecule has 1 aromatic heterocycles. The number of benzene rings is 3. The maximum atomic E-state index is 13.5. The largest absolute Gasteiger partial charge is 0.496 e. The van der Waals surface area contributed by atoms with E-state index < -0.39 is 0 Å². The third-order valence-corrected chi connectivity index (χ3v) is 7.92. The Bertz CT molecular complexity index is 1470. The average Bonchev–Trinajstić information content (AvgIpc) is 3.45. The molecule has 1 amide bonds. The number of carbonyl (C=O) groups excluding carboxylic acids is 1. The summed E-state index contributed by atoms with van der Waals surface area (Å²) in [6.45, 7) is 2.00. The van der Waals surface area contributed by atoms with Gasteiger partial charge in [-0.3, -0.25) is 9.69 Å². The van der Waals surface area contributed by atoms with E-state index in [2.05, 4.69) is 15.9 Å². The van der Waals surface area contributed by atoms with Gasteiger partial charge in [0.15, 0.2) is 0 Å². The van der Waals surface area contributed by atoms with Gasteiger partial charge in [0.1, 0.15) is 15.8 Å². The summed E-state index contributed by atoms with van der Waals surface area (Å²) in [6, 6.07) is 25.5. The quantitative estimate of drug-likeness (QED) is 0.179. The second-order valence-corrected chi connectivity index (χ2v) is 10.7. The zero-order valence-corrected chi connectivity index (χ0v) is 22.8. The summed E-state index contributed by atoms with van der Waals surface area (Å²) in [5.74, 6) is 0.634. The molecule has 36 heavy (non-hydrogen) atoms. The van der Waals surface area contributed by atoms with Gasteiger partial charge in [-0.1, -0.05) is 72.5 Å². The van der Waals surface area contributed by atoms with Crippen molar-refractivity contribution in [3.63, 3.8) is 0 Å². The summed E-state index contributed by atoms with van der Waals surface area (Å²) >= 11 is 10.5. The molecule has 0 N–H and O–H groups in total. The lowest BCUT2D eigenvalue weighted by atomic mass is 10.1. The Balaban J connectivity index is 1.56. The molecule has 0 radical (unpaired) electrons. The molecule has 1 aliphatic rings. The Morgan fingerprint density at radius 3 is 2.42 bits per heavy atom. The van der Waals surface area contributed by atoms with Crippen LogP contribution in [0, 0.1) is 0 Å². The minimum absolute atomic E-state index is 0.101. The summed E-state index contributed by atoms with van der Waals surface area (Å²) in [5.41, 5.74) is 4.44. The summed E-state index contributed by atoms with van der Waals surface area (Å²) < 4.78 is 8.59. The monoisotopic (exact) mass is 575 g/mol. The third-order valence-electron chi connectivity index (χ3n) is 5.97. The summed E-state index contributed by atoms with van der Waals surface area (Å²) in [4.78, 5) is 15.8. The van der Waals surface area contributed by atoms with Gasteiger partial charge in [-0.05, 0) is 64.8 Å². The van der Waals surface area contributed by atoms with Crippen molar-refractivity contribution < 1.29 is 9.53 Å². The lowest BCUT2D eigenvalue weighted by Crippen LogP contribution is -2.30. The molecular formula is C28H22BrN3O2S2. The van der Waals surface area contributed by atoms with Crippen LogP contribution in [0.25, 0.3) is 23.0 Å². The normalized spacial score (nSPS) is 15.5. The smallest absolute Gasteiger partial charge is 0.266 e. The van der Waals surface area contributed by atoms with Gasteiger partial charge in [-0.15, -0.1) is 0 Å². The van der Waals surface area contributed by atoms with E-state index in [0.717, 1.165) is 38.3 Å². The fourth-order valence-electron chi connectivity index (χ4n) is 4.08. The SMILES string of the molecule is COc1ccc(-c2nn(-c3ccccc3)cc2/C=C2/SC(=S)N([C@H](C)c3ccccc3)C2=O)cc1Br. The van der Waals surface area contributed by atoms with Crippen molar-refractivity contribution in [3.8, 4) is 22.7 Å². The number of rotatable bonds is 6. The van der Waals surface area contributed by atoms with Crippen LogP contribution >= 0.6 is 39.9 Å². The van der Waals surface area contributed by atoms with Crippen molar-refractivity contribution in [1.82, 2.24) is 14.7 Å². The predicted molar refractivity (Wildman–Crippen MR) is 153 cm³/mol. The Labute approximate surface area is 227 Å². The Hall–Kier alpha value is -3.20. The molecule has 0 saturated carbocycles. The molecule has 8 heteroatoms. The van der Waals surface area contributed by atoms with Crippen molar-refractivity contribution in [2.24, 2.45) is 0 Å². The Morgan fingerprint density at radius 1 is 1.06 bits per heavy atom. The van der Waals surface area contributed by atoms with E-state index in [0.29, 0.717) is 9.23 Å². The number of nitrogens with zero attached hydrogens (tertiary/aromatic N) is 3. The molecule has 180 valence electrons. The molecule has 3 aromatic carbocycles. The van der Waals surface area contributed by atoms with Crippen LogP contribution in [0.2, 0.25) is 0 Å². The zero-order chi connectivity index (χ0) is 25.2. The average molecular weight is 577 g/mol. The molecule has 4 aromatic rings. The summed E-state index contributed by atoms with van der Waals surface area (Å²) in [6.07, 6.45) is 3.83. The number of ether oxygens (including phenoxy) is 1. The maximum absolute atomic E-state index is 13.5. The maximum Gasteiger partial charge on any atom is 0.266 e. The van der Waals surface area contributed by atoms with E-state index in [1.807, 2.05) is 103 Å². The van der Waals surface area contributed by atoms with Gasteiger partial charge in [-0.2, -0.15) is 5.10 Å². The molecular weight excluding hydrogens is 554 g/mol. The number of thiocarbonyl (C=S) groups is 1. The van der Waals surface area contributed by atoms with Crippen molar-refractivity contribution in [2.75, 3.05) is 7.11 Å². The second kappa shape index (κ2) is 10.4. The molecule has 2 heterocycles. The van der Waals surface area contributed by atoms with Gasteiger partial charge in [0.25, 0.3) is 5.91 Å². The fraction of sp³-hybridized carbons (Fsp3) is 0.107. The highest BCUT2D eigenvalue weighted by Crippen LogP contribution is 2.39. The van der Waals surface area contributed by atoms with Crippen LogP contribution in [0.15, 0.2) is 94.4 Å². The molecule has 5 rings (SSSR count). The zero-order valence-electron chi connectivity index (χ0n) is 19.6. The number of para-hydroxylation sites is 1. The molecule has 1 atom stereocenters. The van der Waals surface area contributed by atoms with Crippen molar-refractivity contribution in [1.29, 1.82) is 0 Å². The minimum Gasteiger partial charge on any atom is -0.496 e.